The van der Waals surface area contributed by atoms with Crippen LogP contribution in [0.2, 0.25) is 0 Å². The molecule has 25 heavy (non-hydrogen) atoms. The molecule has 0 bridgehead atoms. The van der Waals surface area contributed by atoms with Gasteiger partial charge >= 0.3 is 0 Å². The minimum Gasteiger partial charge on any atom is -0.489 e. The van der Waals surface area contributed by atoms with E-state index in [1.807, 2.05) is 51.1 Å². The zero-order valence-corrected chi connectivity index (χ0v) is 15.3. The van der Waals surface area contributed by atoms with Gasteiger partial charge in [-0.05, 0) is 31.4 Å². The number of aromatic nitrogens is 2. The number of nitrogens with zero attached hydrogens (tertiary/aromatic N) is 2. The monoisotopic (exact) mass is 344 g/mol. The smallest absolute Gasteiger partial charge is 0.276 e. The summed E-state index contributed by atoms with van der Waals surface area (Å²) in [6, 6.07) is 9.65. The van der Waals surface area contributed by atoms with Gasteiger partial charge in [0, 0.05) is 6.54 Å². The molecule has 0 fully saturated rings. The van der Waals surface area contributed by atoms with Crippen LogP contribution in [0.1, 0.15) is 50.5 Å². The summed E-state index contributed by atoms with van der Waals surface area (Å²) in [4.78, 5) is 12.8. The molecule has 0 atom stereocenters. The van der Waals surface area contributed by atoms with Gasteiger partial charge in [-0.25, -0.2) is 4.68 Å². The highest BCUT2D eigenvalue weighted by Gasteiger charge is 2.29. The van der Waals surface area contributed by atoms with Crippen LogP contribution in [-0.4, -0.2) is 34.4 Å². The molecular formula is C19H28N4O2. The molecule has 2 rings (SSSR count). The van der Waals surface area contributed by atoms with Crippen LogP contribution in [0.15, 0.2) is 36.5 Å². The molecule has 0 aliphatic carbocycles. The fourth-order valence-electron chi connectivity index (χ4n) is 2.61. The van der Waals surface area contributed by atoms with Crippen molar-refractivity contribution in [3.8, 4) is 11.4 Å². The van der Waals surface area contributed by atoms with E-state index in [1.165, 1.54) is 0 Å². The Morgan fingerprint density at radius 2 is 1.92 bits per heavy atom. The predicted octanol–water partition coefficient (Wildman–Crippen LogP) is 2.91. The van der Waals surface area contributed by atoms with E-state index >= 15 is 0 Å². The lowest BCUT2D eigenvalue weighted by Crippen LogP contribution is -2.53. The topological polar surface area (TPSA) is 82.2 Å². The van der Waals surface area contributed by atoms with Crippen molar-refractivity contribution in [2.24, 2.45) is 5.73 Å². The normalized spacial score (nSPS) is 11.4. The standard InChI is InChI=1S/C19H28N4O2/c1-4-12-25-16-13-23(15-10-8-7-9-11-15)22-17(16)18(24)21-19(5-2,6-3)14-20/h7-11,13H,4-6,12,14,20H2,1-3H3,(H,21,24). The molecule has 0 saturated heterocycles. The van der Waals surface area contributed by atoms with Gasteiger partial charge in [0.15, 0.2) is 11.4 Å². The van der Waals surface area contributed by atoms with E-state index in [4.69, 9.17) is 10.5 Å². The lowest BCUT2D eigenvalue weighted by molar-refractivity contribution is 0.0885. The number of amides is 1. The number of nitrogens with one attached hydrogen (secondary N) is 1. The average Bonchev–Trinajstić information content (AvgIpc) is 3.09. The number of rotatable bonds is 9. The van der Waals surface area contributed by atoms with Crippen LogP contribution in [0.5, 0.6) is 5.75 Å². The number of hydrogen-bond donors (Lipinski definition) is 2. The Labute approximate surface area is 149 Å². The fourth-order valence-corrected chi connectivity index (χ4v) is 2.61. The molecule has 2 aromatic rings. The maximum atomic E-state index is 12.8. The highest BCUT2D eigenvalue weighted by molar-refractivity contribution is 5.95. The first kappa shape index (κ1) is 19.0. The highest BCUT2D eigenvalue weighted by Crippen LogP contribution is 2.22. The predicted molar refractivity (Wildman–Crippen MR) is 99.2 cm³/mol. The van der Waals surface area contributed by atoms with Gasteiger partial charge in [-0.15, -0.1) is 0 Å². The molecule has 1 amide bonds. The Hall–Kier alpha value is -2.34. The van der Waals surface area contributed by atoms with Crippen molar-refractivity contribution in [3.63, 3.8) is 0 Å². The number of carbonyl (C=O) groups excluding carboxylic acids is 1. The fraction of sp³-hybridized carbons (Fsp3) is 0.474. The van der Waals surface area contributed by atoms with Crippen molar-refractivity contribution in [2.45, 2.75) is 45.6 Å². The zero-order valence-electron chi connectivity index (χ0n) is 15.3. The molecular weight excluding hydrogens is 316 g/mol. The Kier molecular flexibility index (Phi) is 6.58. The van der Waals surface area contributed by atoms with Gasteiger partial charge in [-0.1, -0.05) is 39.0 Å². The third-order valence-corrected chi connectivity index (χ3v) is 4.50. The highest BCUT2D eigenvalue weighted by atomic mass is 16.5. The van der Waals surface area contributed by atoms with Crippen molar-refractivity contribution >= 4 is 5.91 Å². The molecule has 0 radical (unpaired) electrons. The van der Waals surface area contributed by atoms with Crippen LogP contribution in [-0.2, 0) is 0 Å². The van der Waals surface area contributed by atoms with Crippen LogP contribution in [0.3, 0.4) is 0 Å². The molecule has 6 heteroatoms. The lowest BCUT2D eigenvalue weighted by atomic mass is 9.93. The van der Waals surface area contributed by atoms with E-state index in [0.717, 1.165) is 24.9 Å². The number of benzene rings is 1. The van der Waals surface area contributed by atoms with E-state index in [2.05, 4.69) is 10.4 Å². The summed E-state index contributed by atoms with van der Waals surface area (Å²) in [5.41, 5.74) is 6.64. The average molecular weight is 344 g/mol. The van der Waals surface area contributed by atoms with Crippen molar-refractivity contribution in [1.82, 2.24) is 15.1 Å². The van der Waals surface area contributed by atoms with E-state index in [0.29, 0.717) is 18.9 Å². The van der Waals surface area contributed by atoms with Crippen LogP contribution >= 0.6 is 0 Å². The maximum Gasteiger partial charge on any atom is 0.276 e. The van der Waals surface area contributed by atoms with Gasteiger partial charge in [0.25, 0.3) is 5.91 Å². The van der Waals surface area contributed by atoms with Crippen LogP contribution < -0.4 is 15.8 Å². The minimum atomic E-state index is -0.421. The molecule has 1 aromatic heterocycles. The largest absolute Gasteiger partial charge is 0.489 e. The number of nitrogens with two attached hydrogens (primary N) is 1. The summed E-state index contributed by atoms with van der Waals surface area (Å²) >= 11 is 0. The van der Waals surface area contributed by atoms with Gasteiger partial charge in [-0.2, -0.15) is 5.10 Å². The molecule has 1 heterocycles. The van der Waals surface area contributed by atoms with Gasteiger partial charge < -0.3 is 15.8 Å². The summed E-state index contributed by atoms with van der Waals surface area (Å²) < 4.78 is 7.42. The van der Waals surface area contributed by atoms with E-state index < -0.39 is 5.54 Å². The quantitative estimate of drug-likeness (QED) is 0.733. The van der Waals surface area contributed by atoms with Crippen molar-refractivity contribution in [2.75, 3.05) is 13.2 Å². The Morgan fingerprint density at radius 3 is 2.48 bits per heavy atom. The number of ether oxygens (including phenoxy) is 1. The van der Waals surface area contributed by atoms with Crippen LogP contribution in [0.25, 0.3) is 5.69 Å². The summed E-state index contributed by atoms with van der Waals surface area (Å²) in [5, 5.41) is 7.52. The molecule has 0 saturated carbocycles. The van der Waals surface area contributed by atoms with Crippen molar-refractivity contribution in [1.29, 1.82) is 0 Å². The van der Waals surface area contributed by atoms with Gasteiger partial charge in [0.2, 0.25) is 0 Å². The molecule has 6 nitrogen and oxygen atoms in total. The SMILES string of the molecule is CCCOc1cn(-c2ccccc2)nc1C(=O)NC(CC)(CC)CN. The molecule has 1 aromatic carbocycles. The first-order valence-electron chi connectivity index (χ1n) is 8.89. The van der Waals surface area contributed by atoms with Crippen molar-refractivity contribution < 1.29 is 9.53 Å². The van der Waals surface area contributed by atoms with E-state index in [-0.39, 0.29) is 11.6 Å². The molecule has 0 spiro atoms. The van der Waals surface area contributed by atoms with Crippen LogP contribution in [0.4, 0.5) is 0 Å². The number of hydrogen-bond acceptors (Lipinski definition) is 4. The molecule has 136 valence electrons. The summed E-state index contributed by atoms with van der Waals surface area (Å²) in [5.74, 6) is 0.233. The molecule has 3 N–H and O–H groups in total. The first-order valence-corrected chi connectivity index (χ1v) is 8.89. The Balaban J connectivity index is 2.34. The van der Waals surface area contributed by atoms with Gasteiger partial charge in [-0.3, -0.25) is 4.79 Å². The van der Waals surface area contributed by atoms with Crippen molar-refractivity contribution in [3.05, 3.63) is 42.2 Å². The maximum absolute atomic E-state index is 12.8. The number of para-hydroxylation sites is 1. The minimum absolute atomic E-state index is 0.255. The molecule has 0 aliphatic heterocycles. The van der Waals surface area contributed by atoms with E-state index in [9.17, 15) is 4.79 Å². The Bertz CT molecular complexity index is 670. The summed E-state index contributed by atoms with van der Waals surface area (Å²) in [7, 11) is 0. The summed E-state index contributed by atoms with van der Waals surface area (Å²) in [6.45, 7) is 6.98. The first-order chi connectivity index (χ1) is 12.1. The zero-order chi connectivity index (χ0) is 18.3. The lowest BCUT2D eigenvalue weighted by Gasteiger charge is -2.31. The summed E-state index contributed by atoms with van der Waals surface area (Å²) in [6.07, 6.45) is 4.13. The second kappa shape index (κ2) is 8.67. The number of carbonyl (C=O) groups is 1. The van der Waals surface area contributed by atoms with Gasteiger partial charge in [0.1, 0.15) is 0 Å². The third kappa shape index (κ3) is 4.39. The van der Waals surface area contributed by atoms with E-state index in [1.54, 1.807) is 10.9 Å². The third-order valence-electron chi connectivity index (χ3n) is 4.50. The molecule has 0 unspecified atom stereocenters. The second-order valence-corrected chi connectivity index (χ2v) is 6.12. The second-order valence-electron chi connectivity index (χ2n) is 6.12. The molecule has 0 aliphatic rings. The Morgan fingerprint density at radius 1 is 1.24 bits per heavy atom. The van der Waals surface area contributed by atoms with Gasteiger partial charge in [0.05, 0.1) is 24.0 Å². The van der Waals surface area contributed by atoms with Crippen LogP contribution in [0, 0.1) is 0 Å².